The number of carbonyl (C=O) groups excluding carboxylic acids is 2. The molecule has 158 valence electrons. The maximum atomic E-state index is 12.0. The molecule has 1 aliphatic rings. The molecular weight excluding hydrogens is 382 g/mol. The minimum Gasteiger partial charge on any atom is -0.493 e. The zero-order valence-corrected chi connectivity index (χ0v) is 17.4. The monoisotopic (exact) mass is 409 g/mol. The van der Waals surface area contributed by atoms with E-state index in [0.29, 0.717) is 18.9 Å². The quantitative estimate of drug-likeness (QED) is 0.508. The Morgan fingerprint density at radius 3 is 2.80 bits per heavy atom. The van der Waals surface area contributed by atoms with Gasteiger partial charge in [0.15, 0.2) is 6.61 Å². The third-order valence-electron chi connectivity index (χ3n) is 4.65. The van der Waals surface area contributed by atoms with Gasteiger partial charge >= 0.3 is 5.97 Å². The Bertz CT molecular complexity index is 907. The van der Waals surface area contributed by atoms with Crippen molar-refractivity contribution >= 4 is 18.0 Å². The van der Waals surface area contributed by atoms with E-state index in [1.54, 1.807) is 6.08 Å². The highest BCUT2D eigenvalue weighted by atomic mass is 16.5. The van der Waals surface area contributed by atoms with Gasteiger partial charge in [-0.2, -0.15) is 0 Å². The summed E-state index contributed by atoms with van der Waals surface area (Å²) in [7, 11) is 0. The zero-order chi connectivity index (χ0) is 21.3. The van der Waals surface area contributed by atoms with Crippen LogP contribution in [0.4, 0.5) is 0 Å². The first-order valence-corrected chi connectivity index (χ1v) is 10.2. The third kappa shape index (κ3) is 6.11. The average molecular weight is 409 g/mol. The molecule has 0 saturated carbocycles. The average Bonchev–Trinajstić information content (AvgIpc) is 3.10. The van der Waals surface area contributed by atoms with Crippen molar-refractivity contribution in [1.29, 1.82) is 0 Å². The Kier molecular flexibility index (Phi) is 7.49. The first-order valence-electron chi connectivity index (χ1n) is 10.2. The van der Waals surface area contributed by atoms with Crippen LogP contribution in [0.5, 0.6) is 11.5 Å². The van der Waals surface area contributed by atoms with Gasteiger partial charge in [0.25, 0.3) is 5.91 Å². The number of amides is 1. The van der Waals surface area contributed by atoms with Gasteiger partial charge in [-0.1, -0.05) is 30.3 Å². The van der Waals surface area contributed by atoms with Crippen LogP contribution in [0.15, 0.2) is 48.5 Å². The summed E-state index contributed by atoms with van der Waals surface area (Å²) in [6.07, 6.45) is 4.59. The van der Waals surface area contributed by atoms with Gasteiger partial charge in [0.2, 0.25) is 0 Å². The van der Waals surface area contributed by atoms with Gasteiger partial charge < -0.3 is 19.5 Å². The molecule has 1 atom stereocenters. The number of fused-ring (bicyclic) bond motifs is 1. The van der Waals surface area contributed by atoms with Crippen LogP contribution >= 0.6 is 0 Å². The fourth-order valence-corrected chi connectivity index (χ4v) is 3.25. The molecule has 3 rings (SSSR count). The van der Waals surface area contributed by atoms with Gasteiger partial charge in [0, 0.05) is 30.2 Å². The lowest BCUT2D eigenvalue weighted by molar-refractivity contribution is -0.143. The summed E-state index contributed by atoms with van der Waals surface area (Å²) in [5, 5.41) is 2.74. The summed E-state index contributed by atoms with van der Waals surface area (Å²) in [6, 6.07) is 13.7. The van der Waals surface area contributed by atoms with Gasteiger partial charge in [-0.15, -0.1) is 0 Å². The lowest BCUT2D eigenvalue weighted by atomic mass is 10.1. The summed E-state index contributed by atoms with van der Waals surface area (Å²) in [5.74, 6) is 0.571. The van der Waals surface area contributed by atoms with E-state index in [4.69, 9.17) is 14.2 Å². The Hall–Kier alpha value is -3.28. The smallest absolute Gasteiger partial charge is 0.331 e. The number of ether oxygens (including phenoxy) is 3. The largest absolute Gasteiger partial charge is 0.493 e. The lowest BCUT2D eigenvalue weighted by Crippen LogP contribution is -2.30. The molecule has 1 heterocycles. The van der Waals surface area contributed by atoms with E-state index >= 15 is 0 Å². The van der Waals surface area contributed by atoms with Crippen LogP contribution in [0.3, 0.4) is 0 Å². The summed E-state index contributed by atoms with van der Waals surface area (Å²) in [5.41, 5.74) is 2.96. The molecule has 2 aromatic carbocycles. The summed E-state index contributed by atoms with van der Waals surface area (Å²) in [6.45, 7) is 4.61. The predicted octanol–water partition coefficient (Wildman–Crippen LogP) is 3.32. The number of hydrogen-bond acceptors (Lipinski definition) is 5. The first-order chi connectivity index (χ1) is 14.5. The van der Waals surface area contributed by atoms with Crippen LogP contribution in [-0.2, 0) is 27.2 Å². The molecule has 1 aliphatic heterocycles. The van der Waals surface area contributed by atoms with Crippen molar-refractivity contribution in [3.63, 3.8) is 0 Å². The SMILES string of the molecule is CCOc1cc2c(cc1/C=C/C(=O)OCC(=O)NCCc1ccccc1)O[C@H](C)C2. The van der Waals surface area contributed by atoms with Crippen molar-refractivity contribution in [2.45, 2.75) is 32.8 Å². The van der Waals surface area contributed by atoms with Gasteiger partial charge in [0.05, 0.1) is 6.61 Å². The van der Waals surface area contributed by atoms with Crippen LogP contribution < -0.4 is 14.8 Å². The number of carbonyl (C=O) groups is 2. The highest BCUT2D eigenvalue weighted by Gasteiger charge is 2.21. The maximum Gasteiger partial charge on any atom is 0.331 e. The molecule has 0 fully saturated rings. The van der Waals surface area contributed by atoms with Crippen molar-refractivity contribution in [1.82, 2.24) is 5.32 Å². The number of hydrogen-bond donors (Lipinski definition) is 1. The number of rotatable bonds is 9. The lowest BCUT2D eigenvalue weighted by Gasteiger charge is -2.10. The fraction of sp³-hybridized carbons (Fsp3) is 0.333. The normalized spacial score (nSPS) is 14.8. The summed E-state index contributed by atoms with van der Waals surface area (Å²) < 4.78 is 16.5. The van der Waals surface area contributed by atoms with Crippen molar-refractivity contribution in [2.24, 2.45) is 0 Å². The zero-order valence-electron chi connectivity index (χ0n) is 17.4. The van der Waals surface area contributed by atoms with E-state index in [1.165, 1.54) is 6.08 Å². The molecule has 0 unspecified atom stereocenters. The molecule has 6 nitrogen and oxygen atoms in total. The third-order valence-corrected chi connectivity index (χ3v) is 4.65. The van der Waals surface area contributed by atoms with Crippen LogP contribution in [-0.4, -0.2) is 37.7 Å². The van der Waals surface area contributed by atoms with Gasteiger partial charge in [-0.25, -0.2) is 4.79 Å². The highest BCUT2D eigenvalue weighted by molar-refractivity contribution is 5.89. The molecule has 0 spiro atoms. The molecule has 6 heteroatoms. The molecule has 0 saturated heterocycles. The molecule has 0 aromatic heterocycles. The molecule has 2 aromatic rings. The second-order valence-corrected chi connectivity index (χ2v) is 7.09. The summed E-state index contributed by atoms with van der Waals surface area (Å²) in [4.78, 5) is 23.9. The minimum atomic E-state index is -0.592. The molecular formula is C24H27NO5. The summed E-state index contributed by atoms with van der Waals surface area (Å²) >= 11 is 0. The fourth-order valence-electron chi connectivity index (χ4n) is 3.25. The number of nitrogens with one attached hydrogen (secondary N) is 1. The molecule has 30 heavy (non-hydrogen) atoms. The van der Waals surface area contributed by atoms with Crippen molar-refractivity contribution < 1.29 is 23.8 Å². The van der Waals surface area contributed by atoms with E-state index in [1.807, 2.05) is 56.3 Å². The minimum absolute atomic E-state index is 0.124. The van der Waals surface area contributed by atoms with Gasteiger partial charge in [-0.05, 0) is 44.0 Å². The molecule has 1 N–H and O–H groups in total. The predicted molar refractivity (Wildman–Crippen MR) is 115 cm³/mol. The van der Waals surface area contributed by atoms with Crippen LogP contribution in [0.1, 0.15) is 30.5 Å². The van der Waals surface area contributed by atoms with Gasteiger partial charge in [0.1, 0.15) is 17.6 Å². The Balaban J connectivity index is 1.48. The maximum absolute atomic E-state index is 12.0. The van der Waals surface area contributed by atoms with Crippen molar-refractivity contribution in [3.05, 3.63) is 65.2 Å². The van der Waals surface area contributed by atoms with Crippen LogP contribution in [0.2, 0.25) is 0 Å². The van der Waals surface area contributed by atoms with E-state index in [-0.39, 0.29) is 18.6 Å². The van der Waals surface area contributed by atoms with E-state index in [2.05, 4.69) is 5.32 Å². The second kappa shape index (κ2) is 10.5. The second-order valence-electron chi connectivity index (χ2n) is 7.09. The van der Waals surface area contributed by atoms with Crippen molar-refractivity contribution in [2.75, 3.05) is 19.8 Å². The Labute approximate surface area is 176 Å². The molecule has 0 radical (unpaired) electrons. The van der Waals surface area contributed by atoms with E-state index < -0.39 is 5.97 Å². The standard InChI is InChI=1S/C24H27NO5/c1-3-28-21-15-20-13-17(2)30-22(20)14-19(21)9-10-24(27)29-16-23(26)25-12-11-18-7-5-4-6-8-18/h4-10,14-15,17H,3,11-13,16H2,1-2H3,(H,25,26)/b10-9+/t17-/m1/s1. The van der Waals surface area contributed by atoms with Crippen molar-refractivity contribution in [3.8, 4) is 11.5 Å². The Morgan fingerprint density at radius 1 is 1.23 bits per heavy atom. The van der Waals surface area contributed by atoms with Gasteiger partial charge in [-0.3, -0.25) is 4.79 Å². The number of benzene rings is 2. The topological polar surface area (TPSA) is 73.9 Å². The molecule has 0 aliphatic carbocycles. The van der Waals surface area contributed by atoms with Crippen LogP contribution in [0.25, 0.3) is 6.08 Å². The van der Waals surface area contributed by atoms with E-state index in [0.717, 1.165) is 35.3 Å². The number of esters is 1. The highest BCUT2D eigenvalue weighted by Crippen LogP contribution is 2.35. The van der Waals surface area contributed by atoms with E-state index in [9.17, 15) is 9.59 Å². The van der Waals surface area contributed by atoms with Crippen LogP contribution in [0, 0.1) is 0 Å². The first kappa shape index (κ1) is 21.4. The Morgan fingerprint density at radius 2 is 2.03 bits per heavy atom. The molecule has 0 bridgehead atoms. The molecule has 1 amide bonds.